The van der Waals surface area contributed by atoms with Gasteiger partial charge in [0.15, 0.2) is 11.5 Å². The summed E-state index contributed by atoms with van der Waals surface area (Å²) in [4.78, 5) is 25.3. The number of amides is 2. The topological polar surface area (TPSA) is 67.9 Å². The number of nitrogens with one attached hydrogen (secondary N) is 1. The number of rotatable bonds is 6. The molecule has 1 unspecified atom stereocenters. The van der Waals surface area contributed by atoms with E-state index in [1.807, 2.05) is 19.9 Å². The first kappa shape index (κ1) is 19.8. The molecule has 0 saturated carbocycles. The van der Waals surface area contributed by atoms with Crippen molar-refractivity contribution in [3.05, 3.63) is 58.6 Å². The Hall–Kier alpha value is -2.99. The Labute approximate surface area is 168 Å². The minimum absolute atomic E-state index is 0.0119. The monoisotopic (exact) mass is 400 g/mol. The van der Waals surface area contributed by atoms with Crippen LogP contribution in [0.2, 0.25) is 5.02 Å². The fraction of sp³-hybridized carbons (Fsp3) is 0.238. The molecule has 1 aliphatic rings. The molecule has 6 nitrogen and oxygen atoms in total. The molecule has 1 N–H and O–H groups in total. The molecule has 2 aromatic carbocycles. The number of ether oxygens (including phenoxy) is 2. The van der Waals surface area contributed by atoms with Crippen molar-refractivity contribution in [3.8, 4) is 11.5 Å². The number of hydrogen-bond acceptors (Lipinski definition) is 4. The van der Waals surface area contributed by atoms with Crippen molar-refractivity contribution >= 4 is 35.2 Å². The normalized spacial score (nSPS) is 16.3. The standard InChI is InChI=1S/C21H21ClN2O4/c1-4-13(2)28-19-14(10-15(22)12-18(19)27-3)11-17-20(25)23-24(21(17)26)16-8-6-5-7-9-16/h5-13H,4H2,1-3H3,(H,23,25). The number of halogens is 1. The summed E-state index contributed by atoms with van der Waals surface area (Å²) in [5, 5.41) is 1.62. The first-order chi connectivity index (χ1) is 13.4. The summed E-state index contributed by atoms with van der Waals surface area (Å²) in [5.74, 6) is -0.0788. The van der Waals surface area contributed by atoms with Gasteiger partial charge in [-0.15, -0.1) is 0 Å². The second-order valence-electron chi connectivity index (χ2n) is 6.34. The summed E-state index contributed by atoms with van der Waals surface area (Å²) in [5.41, 5.74) is 3.64. The largest absolute Gasteiger partial charge is 0.493 e. The fourth-order valence-corrected chi connectivity index (χ4v) is 2.95. The van der Waals surface area contributed by atoms with Crippen LogP contribution in [0.1, 0.15) is 25.8 Å². The van der Waals surface area contributed by atoms with E-state index in [-0.39, 0.29) is 11.7 Å². The Morgan fingerprint density at radius 3 is 2.57 bits per heavy atom. The van der Waals surface area contributed by atoms with Gasteiger partial charge in [-0.1, -0.05) is 36.7 Å². The molecule has 1 aliphatic heterocycles. The second kappa shape index (κ2) is 8.35. The summed E-state index contributed by atoms with van der Waals surface area (Å²) in [6.07, 6.45) is 2.18. The third kappa shape index (κ3) is 3.97. The predicted octanol–water partition coefficient (Wildman–Crippen LogP) is 3.99. The maximum atomic E-state index is 12.8. The third-order valence-corrected chi connectivity index (χ3v) is 4.59. The minimum atomic E-state index is -0.498. The van der Waals surface area contributed by atoms with Crippen LogP contribution in [0.4, 0.5) is 5.69 Å². The van der Waals surface area contributed by atoms with E-state index in [0.717, 1.165) is 6.42 Å². The summed E-state index contributed by atoms with van der Waals surface area (Å²) >= 11 is 6.19. The van der Waals surface area contributed by atoms with Gasteiger partial charge in [-0.25, -0.2) is 5.01 Å². The smallest absolute Gasteiger partial charge is 0.282 e. The highest BCUT2D eigenvalue weighted by Crippen LogP contribution is 2.37. The van der Waals surface area contributed by atoms with Crippen molar-refractivity contribution in [2.45, 2.75) is 26.4 Å². The average molecular weight is 401 g/mol. The van der Waals surface area contributed by atoms with Crippen LogP contribution in [-0.2, 0) is 9.59 Å². The van der Waals surface area contributed by atoms with Crippen molar-refractivity contribution < 1.29 is 19.1 Å². The van der Waals surface area contributed by atoms with Gasteiger partial charge in [0.1, 0.15) is 5.57 Å². The van der Waals surface area contributed by atoms with E-state index >= 15 is 0 Å². The van der Waals surface area contributed by atoms with Crippen LogP contribution >= 0.6 is 11.6 Å². The summed E-state index contributed by atoms with van der Waals surface area (Å²) < 4.78 is 11.4. The molecule has 2 aromatic rings. The molecule has 1 saturated heterocycles. The lowest BCUT2D eigenvalue weighted by atomic mass is 10.1. The minimum Gasteiger partial charge on any atom is -0.493 e. The van der Waals surface area contributed by atoms with Crippen LogP contribution < -0.4 is 19.9 Å². The highest BCUT2D eigenvalue weighted by molar-refractivity contribution is 6.32. The van der Waals surface area contributed by atoms with Gasteiger partial charge < -0.3 is 9.47 Å². The lowest BCUT2D eigenvalue weighted by molar-refractivity contribution is -0.117. The van der Waals surface area contributed by atoms with E-state index in [1.165, 1.54) is 18.2 Å². The van der Waals surface area contributed by atoms with E-state index in [2.05, 4.69) is 5.43 Å². The quantitative estimate of drug-likeness (QED) is 0.588. The summed E-state index contributed by atoms with van der Waals surface area (Å²) in [6.45, 7) is 3.92. The number of carbonyl (C=O) groups excluding carboxylic acids is 2. The van der Waals surface area contributed by atoms with Gasteiger partial charge in [0, 0.05) is 16.7 Å². The molecule has 1 heterocycles. The lowest BCUT2D eigenvalue weighted by Gasteiger charge is -2.18. The van der Waals surface area contributed by atoms with Crippen molar-refractivity contribution in [3.63, 3.8) is 0 Å². The van der Waals surface area contributed by atoms with Gasteiger partial charge in [-0.3, -0.25) is 15.0 Å². The first-order valence-corrected chi connectivity index (χ1v) is 9.28. The maximum absolute atomic E-state index is 12.8. The molecule has 0 bridgehead atoms. The lowest BCUT2D eigenvalue weighted by Crippen LogP contribution is -2.35. The number of hydrazine groups is 1. The second-order valence-corrected chi connectivity index (χ2v) is 6.77. The van der Waals surface area contributed by atoms with Crippen LogP contribution in [-0.4, -0.2) is 25.0 Å². The van der Waals surface area contributed by atoms with E-state index in [0.29, 0.717) is 27.8 Å². The molecule has 1 fully saturated rings. The van der Waals surface area contributed by atoms with Gasteiger partial charge in [-0.2, -0.15) is 0 Å². The molecule has 0 radical (unpaired) electrons. The van der Waals surface area contributed by atoms with Gasteiger partial charge in [0.25, 0.3) is 11.8 Å². The van der Waals surface area contributed by atoms with Gasteiger partial charge in [0.2, 0.25) is 0 Å². The molecular formula is C21H21ClN2O4. The number of benzene rings is 2. The van der Waals surface area contributed by atoms with Crippen molar-refractivity contribution in [2.75, 3.05) is 12.1 Å². The Morgan fingerprint density at radius 1 is 1.21 bits per heavy atom. The van der Waals surface area contributed by atoms with E-state index in [9.17, 15) is 9.59 Å². The third-order valence-electron chi connectivity index (χ3n) is 4.37. The highest BCUT2D eigenvalue weighted by atomic mass is 35.5. The maximum Gasteiger partial charge on any atom is 0.282 e. The van der Waals surface area contributed by atoms with Crippen LogP contribution in [0, 0.1) is 0 Å². The Bertz CT molecular complexity index is 928. The zero-order chi connectivity index (χ0) is 20.3. The van der Waals surface area contributed by atoms with Crippen molar-refractivity contribution in [2.24, 2.45) is 0 Å². The number of para-hydroxylation sites is 1. The van der Waals surface area contributed by atoms with Crippen molar-refractivity contribution in [1.82, 2.24) is 5.43 Å². The predicted molar refractivity (Wildman–Crippen MR) is 108 cm³/mol. The molecule has 0 spiro atoms. The fourth-order valence-electron chi connectivity index (χ4n) is 2.73. The van der Waals surface area contributed by atoms with Crippen LogP contribution in [0.5, 0.6) is 11.5 Å². The van der Waals surface area contributed by atoms with E-state index in [1.54, 1.807) is 36.4 Å². The molecule has 3 rings (SSSR count). The molecule has 7 heteroatoms. The number of methoxy groups -OCH3 is 1. The molecule has 0 aliphatic carbocycles. The Morgan fingerprint density at radius 2 is 1.93 bits per heavy atom. The van der Waals surface area contributed by atoms with Crippen molar-refractivity contribution in [1.29, 1.82) is 0 Å². The average Bonchev–Trinajstić information content (AvgIpc) is 2.98. The van der Waals surface area contributed by atoms with Crippen LogP contribution in [0.3, 0.4) is 0 Å². The van der Waals surface area contributed by atoms with E-state index < -0.39 is 11.8 Å². The number of anilines is 1. The first-order valence-electron chi connectivity index (χ1n) is 8.91. The number of nitrogens with zero attached hydrogens (tertiary/aromatic N) is 1. The van der Waals surface area contributed by atoms with E-state index in [4.69, 9.17) is 21.1 Å². The molecular weight excluding hydrogens is 380 g/mol. The Balaban J connectivity index is 2.04. The van der Waals surface area contributed by atoms with Gasteiger partial charge in [-0.05, 0) is 37.6 Å². The number of hydrogen-bond donors (Lipinski definition) is 1. The van der Waals surface area contributed by atoms with Crippen LogP contribution in [0.25, 0.3) is 6.08 Å². The molecule has 0 aromatic heterocycles. The summed E-state index contributed by atoms with van der Waals surface area (Å²) in [7, 11) is 1.51. The molecule has 28 heavy (non-hydrogen) atoms. The molecule has 146 valence electrons. The molecule has 1 atom stereocenters. The SMILES string of the molecule is CCC(C)Oc1c(C=C2C(=O)NN(c3ccccc3)C2=O)cc(Cl)cc1OC. The highest BCUT2D eigenvalue weighted by Gasteiger charge is 2.34. The number of carbonyl (C=O) groups is 2. The summed E-state index contributed by atoms with van der Waals surface area (Å²) in [6, 6.07) is 12.2. The Kier molecular flexibility index (Phi) is 5.90. The molecule has 2 amide bonds. The van der Waals surface area contributed by atoms with Gasteiger partial charge >= 0.3 is 0 Å². The zero-order valence-corrected chi connectivity index (χ0v) is 16.6. The zero-order valence-electron chi connectivity index (χ0n) is 15.9. The van der Waals surface area contributed by atoms with Crippen LogP contribution in [0.15, 0.2) is 48.0 Å². The van der Waals surface area contributed by atoms with Gasteiger partial charge in [0.05, 0.1) is 18.9 Å².